The van der Waals surface area contributed by atoms with Gasteiger partial charge in [0.25, 0.3) is 0 Å². The van der Waals surface area contributed by atoms with Crippen molar-refractivity contribution in [2.24, 2.45) is 5.41 Å². The van der Waals surface area contributed by atoms with Crippen LogP contribution in [-0.4, -0.2) is 23.6 Å². The summed E-state index contributed by atoms with van der Waals surface area (Å²) in [6.45, 7) is 3.14. The molecule has 1 aromatic carbocycles. The summed E-state index contributed by atoms with van der Waals surface area (Å²) in [4.78, 5) is 7.75. The Morgan fingerprint density at radius 1 is 1.41 bits per heavy atom. The SMILES string of the molecule is CNCC1(Cc2ccc3nc(C)[nH]c3c2)CC1. The summed E-state index contributed by atoms with van der Waals surface area (Å²) in [5, 5.41) is 3.31. The molecule has 0 saturated heterocycles. The summed E-state index contributed by atoms with van der Waals surface area (Å²) in [5.74, 6) is 0.994. The van der Waals surface area contributed by atoms with Gasteiger partial charge in [-0.3, -0.25) is 0 Å². The lowest BCUT2D eigenvalue weighted by atomic mass is 9.96. The first-order valence-electron chi connectivity index (χ1n) is 6.31. The van der Waals surface area contributed by atoms with Crippen molar-refractivity contribution in [3.8, 4) is 0 Å². The molecule has 1 aliphatic rings. The third-order valence-corrected chi connectivity index (χ3v) is 3.75. The smallest absolute Gasteiger partial charge is 0.104 e. The van der Waals surface area contributed by atoms with E-state index in [1.54, 1.807) is 0 Å². The molecule has 1 heterocycles. The summed E-state index contributed by atoms with van der Waals surface area (Å²) in [6.07, 6.45) is 3.89. The van der Waals surface area contributed by atoms with Gasteiger partial charge in [-0.1, -0.05) is 6.07 Å². The number of imidazole rings is 1. The molecule has 2 aromatic rings. The lowest BCUT2D eigenvalue weighted by Crippen LogP contribution is -2.21. The molecule has 3 rings (SSSR count). The highest BCUT2D eigenvalue weighted by Crippen LogP contribution is 2.47. The van der Waals surface area contributed by atoms with E-state index in [-0.39, 0.29) is 0 Å². The zero-order valence-corrected chi connectivity index (χ0v) is 10.5. The van der Waals surface area contributed by atoms with Crippen molar-refractivity contribution in [3.05, 3.63) is 29.6 Å². The van der Waals surface area contributed by atoms with Crippen molar-refractivity contribution in [1.82, 2.24) is 15.3 Å². The van der Waals surface area contributed by atoms with Crippen LogP contribution in [0.15, 0.2) is 18.2 Å². The van der Waals surface area contributed by atoms with Gasteiger partial charge in [0.2, 0.25) is 0 Å². The molecule has 90 valence electrons. The van der Waals surface area contributed by atoms with E-state index in [1.165, 1.54) is 30.3 Å². The Balaban J connectivity index is 1.85. The molecule has 1 aliphatic carbocycles. The highest BCUT2D eigenvalue weighted by atomic mass is 14.9. The topological polar surface area (TPSA) is 40.7 Å². The number of aryl methyl sites for hydroxylation is 1. The number of aromatic nitrogens is 2. The van der Waals surface area contributed by atoms with Crippen molar-refractivity contribution in [3.63, 3.8) is 0 Å². The molecule has 0 radical (unpaired) electrons. The second kappa shape index (κ2) is 3.84. The predicted molar refractivity (Wildman–Crippen MR) is 70.1 cm³/mol. The van der Waals surface area contributed by atoms with Crippen molar-refractivity contribution in [2.75, 3.05) is 13.6 Å². The number of nitrogens with zero attached hydrogens (tertiary/aromatic N) is 1. The lowest BCUT2D eigenvalue weighted by Gasteiger charge is -2.14. The first-order valence-corrected chi connectivity index (χ1v) is 6.31. The summed E-state index contributed by atoms with van der Waals surface area (Å²) in [5.41, 5.74) is 4.19. The summed E-state index contributed by atoms with van der Waals surface area (Å²) < 4.78 is 0. The van der Waals surface area contributed by atoms with Gasteiger partial charge in [-0.25, -0.2) is 4.98 Å². The molecule has 0 amide bonds. The van der Waals surface area contributed by atoms with Crippen molar-refractivity contribution < 1.29 is 0 Å². The van der Waals surface area contributed by atoms with E-state index in [4.69, 9.17) is 0 Å². The Hall–Kier alpha value is -1.35. The first kappa shape index (κ1) is 10.8. The van der Waals surface area contributed by atoms with Crippen molar-refractivity contribution in [1.29, 1.82) is 0 Å². The fraction of sp³-hybridized carbons (Fsp3) is 0.500. The highest BCUT2D eigenvalue weighted by Gasteiger charge is 2.41. The fourth-order valence-electron chi connectivity index (χ4n) is 2.70. The largest absolute Gasteiger partial charge is 0.342 e. The van der Waals surface area contributed by atoms with Gasteiger partial charge in [0.15, 0.2) is 0 Å². The van der Waals surface area contributed by atoms with Crippen LogP contribution in [0.4, 0.5) is 0 Å². The average Bonchev–Trinajstić information content (AvgIpc) is 2.91. The number of aromatic amines is 1. The summed E-state index contributed by atoms with van der Waals surface area (Å²) in [7, 11) is 2.04. The van der Waals surface area contributed by atoms with Gasteiger partial charge >= 0.3 is 0 Å². The molecule has 17 heavy (non-hydrogen) atoms. The molecule has 2 N–H and O–H groups in total. The van der Waals surface area contributed by atoms with E-state index in [0.29, 0.717) is 5.41 Å². The second-order valence-electron chi connectivity index (χ2n) is 5.38. The minimum absolute atomic E-state index is 0.525. The number of benzene rings is 1. The third kappa shape index (κ3) is 2.07. The van der Waals surface area contributed by atoms with E-state index < -0.39 is 0 Å². The van der Waals surface area contributed by atoms with Gasteiger partial charge in [-0.2, -0.15) is 0 Å². The molecule has 1 saturated carbocycles. The molecule has 0 spiro atoms. The monoisotopic (exact) mass is 229 g/mol. The molecular formula is C14H19N3. The minimum atomic E-state index is 0.525. The molecule has 0 atom stereocenters. The van der Waals surface area contributed by atoms with Crippen molar-refractivity contribution in [2.45, 2.75) is 26.2 Å². The van der Waals surface area contributed by atoms with Gasteiger partial charge in [0.05, 0.1) is 11.0 Å². The highest BCUT2D eigenvalue weighted by molar-refractivity contribution is 5.75. The maximum Gasteiger partial charge on any atom is 0.104 e. The maximum absolute atomic E-state index is 4.43. The molecule has 0 unspecified atom stereocenters. The number of rotatable bonds is 4. The second-order valence-corrected chi connectivity index (χ2v) is 5.38. The van der Waals surface area contributed by atoms with Gasteiger partial charge in [0.1, 0.15) is 5.82 Å². The number of nitrogens with one attached hydrogen (secondary N) is 2. The molecular weight excluding hydrogens is 210 g/mol. The van der Waals surface area contributed by atoms with Gasteiger partial charge in [0, 0.05) is 6.54 Å². The number of fused-ring (bicyclic) bond motifs is 1. The van der Waals surface area contributed by atoms with Crippen LogP contribution >= 0.6 is 0 Å². The van der Waals surface area contributed by atoms with Crippen LogP contribution in [0.3, 0.4) is 0 Å². The lowest BCUT2D eigenvalue weighted by molar-refractivity contribution is 0.478. The zero-order chi connectivity index (χ0) is 11.9. The van der Waals surface area contributed by atoms with E-state index in [2.05, 4.69) is 33.5 Å². The molecule has 1 fully saturated rings. The zero-order valence-electron chi connectivity index (χ0n) is 10.5. The van der Waals surface area contributed by atoms with Crippen LogP contribution in [0.5, 0.6) is 0 Å². The Kier molecular flexibility index (Phi) is 2.44. The van der Waals surface area contributed by atoms with E-state index in [1.807, 2.05) is 14.0 Å². The minimum Gasteiger partial charge on any atom is -0.342 e. The standard InChI is InChI=1S/C14H19N3/c1-10-16-12-4-3-11(7-13(12)17-10)8-14(5-6-14)9-15-2/h3-4,7,15H,5-6,8-9H2,1-2H3,(H,16,17). The third-order valence-electron chi connectivity index (χ3n) is 3.75. The van der Waals surface area contributed by atoms with Gasteiger partial charge in [-0.15, -0.1) is 0 Å². The first-order chi connectivity index (χ1) is 8.21. The molecule has 0 bridgehead atoms. The van der Waals surface area contributed by atoms with E-state index in [9.17, 15) is 0 Å². The van der Waals surface area contributed by atoms with E-state index >= 15 is 0 Å². The summed E-state index contributed by atoms with van der Waals surface area (Å²) >= 11 is 0. The van der Waals surface area contributed by atoms with Crippen LogP contribution in [0, 0.1) is 12.3 Å². The molecule has 1 aromatic heterocycles. The van der Waals surface area contributed by atoms with Gasteiger partial charge < -0.3 is 10.3 Å². The number of H-pyrrole nitrogens is 1. The number of hydrogen-bond acceptors (Lipinski definition) is 2. The van der Waals surface area contributed by atoms with Crippen LogP contribution in [0.1, 0.15) is 24.2 Å². The van der Waals surface area contributed by atoms with Crippen molar-refractivity contribution >= 4 is 11.0 Å². The Bertz CT molecular complexity index is 537. The van der Waals surface area contributed by atoms with Crippen LogP contribution in [-0.2, 0) is 6.42 Å². The van der Waals surface area contributed by atoms with Crippen LogP contribution in [0.25, 0.3) is 11.0 Å². The van der Waals surface area contributed by atoms with Crippen LogP contribution < -0.4 is 5.32 Å². The summed E-state index contributed by atoms with van der Waals surface area (Å²) in [6, 6.07) is 6.60. The van der Waals surface area contributed by atoms with E-state index in [0.717, 1.165) is 17.9 Å². The maximum atomic E-state index is 4.43. The molecule has 0 aliphatic heterocycles. The molecule has 3 nitrogen and oxygen atoms in total. The Morgan fingerprint density at radius 3 is 2.94 bits per heavy atom. The average molecular weight is 229 g/mol. The Labute approximate surface area is 102 Å². The Morgan fingerprint density at radius 2 is 2.24 bits per heavy atom. The van der Waals surface area contributed by atoms with Gasteiger partial charge in [-0.05, 0) is 56.3 Å². The molecule has 3 heteroatoms. The normalized spacial score (nSPS) is 17.5. The predicted octanol–water partition coefficient (Wildman–Crippen LogP) is 2.41. The number of hydrogen-bond donors (Lipinski definition) is 2. The quantitative estimate of drug-likeness (QED) is 0.845. The fourth-order valence-corrected chi connectivity index (χ4v) is 2.70. The van der Waals surface area contributed by atoms with Crippen LogP contribution in [0.2, 0.25) is 0 Å².